The van der Waals surface area contributed by atoms with E-state index < -0.39 is 5.82 Å². The molecule has 21 heavy (non-hydrogen) atoms. The van der Waals surface area contributed by atoms with Gasteiger partial charge in [0, 0.05) is 0 Å². The lowest BCUT2D eigenvalue weighted by molar-refractivity contribution is 0.623. The van der Waals surface area contributed by atoms with Crippen molar-refractivity contribution < 1.29 is 4.39 Å². The lowest BCUT2D eigenvalue weighted by atomic mass is 10.1. The van der Waals surface area contributed by atoms with E-state index in [9.17, 15) is 4.39 Å². The first kappa shape index (κ1) is 14.6. The first-order valence-corrected chi connectivity index (χ1v) is 6.58. The first-order chi connectivity index (χ1) is 10.2. The van der Waals surface area contributed by atoms with Crippen molar-refractivity contribution in [2.45, 2.75) is 13.3 Å². The molecule has 0 N–H and O–H groups in total. The summed E-state index contributed by atoms with van der Waals surface area (Å²) in [5.74, 6) is -0.555. The standard InChI is InChI=1S/C17H14FN3/c1-2-13-3-5-14(6-4-13)11-20-21-12-15-7-8-16(10-19)17(18)9-15/h3-9,11-12H,2H2,1H3/b20-11+,21-12+. The van der Waals surface area contributed by atoms with Crippen molar-refractivity contribution in [3.05, 3.63) is 70.5 Å². The fraction of sp³-hybridized carbons (Fsp3) is 0.118. The third-order valence-corrected chi connectivity index (χ3v) is 2.98. The molecular weight excluding hydrogens is 265 g/mol. The van der Waals surface area contributed by atoms with Crippen LogP contribution in [0.1, 0.15) is 29.2 Å². The molecule has 0 aliphatic heterocycles. The van der Waals surface area contributed by atoms with Gasteiger partial charge in [0.2, 0.25) is 0 Å². The summed E-state index contributed by atoms with van der Waals surface area (Å²) in [6.45, 7) is 2.10. The molecule has 0 atom stereocenters. The molecule has 0 aliphatic carbocycles. The summed E-state index contributed by atoms with van der Waals surface area (Å²) in [5.41, 5.74) is 2.80. The van der Waals surface area contributed by atoms with Crippen LogP contribution in [0.4, 0.5) is 4.39 Å². The summed E-state index contributed by atoms with van der Waals surface area (Å²) in [7, 11) is 0. The molecule has 0 saturated heterocycles. The Morgan fingerprint density at radius 2 is 1.67 bits per heavy atom. The Morgan fingerprint density at radius 1 is 1.05 bits per heavy atom. The average Bonchev–Trinajstić information content (AvgIpc) is 2.52. The van der Waals surface area contributed by atoms with Crippen LogP contribution in [-0.4, -0.2) is 12.4 Å². The highest BCUT2D eigenvalue weighted by molar-refractivity contribution is 5.82. The van der Waals surface area contributed by atoms with Gasteiger partial charge in [0.05, 0.1) is 18.0 Å². The van der Waals surface area contributed by atoms with Gasteiger partial charge < -0.3 is 0 Å². The van der Waals surface area contributed by atoms with E-state index in [-0.39, 0.29) is 5.56 Å². The van der Waals surface area contributed by atoms with E-state index in [4.69, 9.17) is 5.26 Å². The molecule has 0 saturated carbocycles. The van der Waals surface area contributed by atoms with Crippen molar-refractivity contribution in [3.8, 4) is 6.07 Å². The van der Waals surface area contributed by atoms with Gasteiger partial charge in [0.25, 0.3) is 0 Å². The fourth-order valence-corrected chi connectivity index (χ4v) is 1.74. The summed E-state index contributed by atoms with van der Waals surface area (Å²) in [5, 5.41) is 16.4. The highest BCUT2D eigenvalue weighted by Gasteiger charge is 2.00. The third kappa shape index (κ3) is 4.08. The number of nitriles is 1. The second-order valence-corrected chi connectivity index (χ2v) is 4.44. The van der Waals surface area contributed by atoms with Crippen LogP contribution in [0.2, 0.25) is 0 Å². The zero-order chi connectivity index (χ0) is 15.1. The highest BCUT2D eigenvalue weighted by atomic mass is 19.1. The van der Waals surface area contributed by atoms with E-state index >= 15 is 0 Å². The number of rotatable bonds is 4. The average molecular weight is 279 g/mol. The smallest absolute Gasteiger partial charge is 0.141 e. The Morgan fingerprint density at radius 3 is 2.24 bits per heavy atom. The number of halogens is 1. The summed E-state index contributed by atoms with van der Waals surface area (Å²) in [4.78, 5) is 0. The minimum Gasteiger partial charge on any atom is -0.206 e. The number of benzene rings is 2. The Hall–Kier alpha value is -2.80. The second-order valence-electron chi connectivity index (χ2n) is 4.44. The summed E-state index contributed by atoms with van der Waals surface area (Å²) in [6, 6.07) is 14.1. The summed E-state index contributed by atoms with van der Waals surface area (Å²) < 4.78 is 13.4. The molecule has 0 amide bonds. The molecule has 0 unspecified atom stereocenters. The van der Waals surface area contributed by atoms with E-state index in [1.807, 2.05) is 24.3 Å². The molecule has 3 nitrogen and oxygen atoms in total. The molecule has 104 valence electrons. The molecule has 2 rings (SSSR count). The van der Waals surface area contributed by atoms with Gasteiger partial charge in [-0.2, -0.15) is 15.5 Å². The normalized spacial score (nSPS) is 11.1. The van der Waals surface area contributed by atoms with Gasteiger partial charge in [-0.25, -0.2) is 4.39 Å². The monoisotopic (exact) mass is 279 g/mol. The third-order valence-electron chi connectivity index (χ3n) is 2.98. The largest absolute Gasteiger partial charge is 0.206 e. The van der Waals surface area contributed by atoms with Crippen molar-refractivity contribution in [1.29, 1.82) is 5.26 Å². The van der Waals surface area contributed by atoms with Gasteiger partial charge in [-0.15, -0.1) is 0 Å². The van der Waals surface area contributed by atoms with Gasteiger partial charge in [-0.05, 0) is 35.2 Å². The SMILES string of the molecule is CCc1ccc(/C=N/N=C/c2ccc(C#N)c(F)c2)cc1. The molecule has 0 fully saturated rings. The minimum atomic E-state index is -0.555. The molecule has 2 aromatic carbocycles. The van der Waals surface area contributed by atoms with Crippen LogP contribution in [-0.2, 0) is 6.42 Å². The zero-order valence-corrected chi connectivity index (χ0v) is 11.6. The van der Waals surface area contributed by atoms with Crippen LogP contribution in [0.5, 0.6) is 0 Å². The van der Waals surface area contributed by atoms with Gasteiger partial charge >= 0.3 is 0 Å². The second kappa shape index (κ2) is 7.11. The van der Waals surface area contributed by atoms with Crippen molar-refractivity contribution >= 4 is 12.4 Å². The molecule has 0 heterocycles. The maximum Gasteiger partial charge on any atom is 0.141 e. The number of hydrogen-bond acceptors (Lipinski definition) is 3. The molecule has 0 bridgehead atoms. The molecule has 0 spiro atoms. The van der Waals surface area contributed by atoms with Crippen molar-refractivity contribution in [2.75, 3.05) is 0 Å². The van der Waals surface area contributed by atoms with E-state index in [0.717, 1.165) is 12.0 Å². The van der Waals surface area contributed by atoms with Crippen LogP contribution in [0.15, 0.2) is 52.7 Å². The molecular formula is C17H14FN3. The Kier molecular flexibility index (Phi) is 4.94. The Labute approximate surface area is 123 Å². The van der Waals surface area contributed by atoms with E-state index in [1.165, 1.54) is 23.9 Å². The minimum absolute atomic E-state index is 0.0201. The maximum absolute atomic E-state index is 13.4. The summed E-state index contributed by atoms with van der Waals surface area (Å²) in [6.07, 6.45) is 4.08. The Bertz CT molecular complexity index is 710. The maximum atomic E-state index is 13.4. The summed E-state index contributed by atoms with van der Waals surface area (Å²) >= 11 is 0. The van der Waals surface area contributed by atoms with Crippen molar-refractivity contribution in [2.24, 2.45) is 10.2 Å². The topological polar surface area (TPSA) is 48.5 Å². The van der Waals surface area contributed by atoms with Crippen molar-refractivity contribution in [3.63, 3.8) is 0 Å². The van der Waals surface area contributed by atoms with Crippen LogP contribution in [0.3, 0.4) is 0 Å². The van der Waals surface area contributed by atoms with Crippen LogP contribution in [0, 0.1) is 17.1 Å². The lowest BCUT2D eigenvalue weighted by Gasteiger charge is -1.96. The molecule has 4 heteroatoms. The number of nitrogens with zero attached hydrogens (tertiary/aromatic N) is 3. The number of hydrogen-bond donors (Lipinski definition) is 0. The van der Waals surface area contributed by atoms with Crippen molar-refractivity contribution in [1.82, 2.24) is 0 Å². The first-order valence-electron chi connectivity index (χ1n) is 6.58. The van der Waals surface area contributed by atoms with Crippen LogP contribution in [0.25, 0.3) is 0 Å². The lowest BCUT2D eigenvalue weighted by Crippen LogP contribution is -1.87. The quantitative estimate of drug-likeness (QED) is 0.621. The Balaban J connectivity index is 2.02. The van der Waals surface area contributed by atoms with E-state index in [0.29, 0.717) is 5.56 Å². The molecule has 2 aromatic rings. The van der Waals surface area contributed by atoms with Gasteiger partial charge in [0.1, 0.15) is 11.9 Å². The molecule has 0 aromatic heterocycles. The highest BCUT2D eigenvalue weighted by Crippen LogP contribution is 2.08. The van der Waals surface area contributed by atoms with Gasteiger partial charge in [-0.1, -0.05) is 37.3 Å². The van der Waals surface area contributed by atoms with E-state index in [2.05, 4.69) is 17.1 Å². The van der Waals surface area contributed by atoms with Crippen LogP contribution < -0.4 is 0 Å². The van der Waals surface area contributed by atoms with Gasteiger partial charge in [-0.3, -0.25) is 0 Å². The van der Waals surface area contributed by atoms with E-state index in [1.54, 1.807) is 18.4 Å². The van der Waals surface area contributed by atoms with Crippen LogP contribution >= 0.6 is 0 Å². The predicted molar refractivity (Wildman–Crippen MR) is 82.1 cm³/mol. The van der Waals surface area contributed by atoms with Gasteiger partial charge in [0.15, 0.2) is 0 Å². The molecule has 0 radical (unpaired) electrons. The fourth-order valence-electron chi connectivity index (χ4n) is 1.74. The molecule has 0 aliphatic rings. The zero-order valence-electron chi connectivity index (χ0n) is 11.6. The predicted octanol–water partition coefficient (Wildman–Crippen LogP) is 3.71. The number of aryl methyl sites for hydroxylation is 1.